The van der Waals surface area contributed by atoms with Gasteiger partial charge < -0.3 is 15.4 Å². The zero-order valence-corrected chi connectivity index (χ0v) is 27.0. The number of hydrogen-bond acceptors (Lipinski definition) is 8. The second-order valence-corrected chi connectivity index (χ2v) is 14.4. The van der Waals surface area contributed by atoms with Gasteiger partial charge in [-0.1, -0.05) is 18.2 Å². The average molecular weight is 646 g/mol. The first kappa shape index (κ1) is 31.0. The predicted octanol–water partition coefficient (Wildman–Crippen LogP) is 7.31. The number of carbonyl (C=O) groups is 1. The number of pyridine rings is 1. The van der Waals surface area contributed by atoms with Gasteiger partial charge in [-0.3, -0.25) is 9.78 Å². The molecular formula is C37H44FN3O6. The van der Waals surface area contributed by atoms with Gasteiger partial charge in [-0.2, -0.15) is 19.6 Å². The highest BCUT2D eigenvalue weighted by Gasteiger charge is 2.64. The monoisotopic (exact) mass is 645 g/mol. The van der Waals surface area contributed by atoms with Crippen LogP contribution in [0.2, 0.25) is 0 Å². The fraction of sp³-hybridized carbons (Fsp3) is 0.568. The Morgan fingerprint density at radius 2 is 1.62 bits per heavy atom. The minimum absolute atomic E-state index is 0.0764. The maximum Gasteiger partial charge on any atom is 0.239 e. The summed E-state index contributed by atoms with van der Waals surface area (Å²) in [6, 6.07) is 12.3. The lowest BCUT2D eigenvalue weighted by Gasteiger charge is -2.60. The highest BCUT2D eigenvalue weighted by atomic mass is 19.1. The molecule has 0 atom stereocenters. The number of nitrogens with one attached hydrogen (secondary N) is 2. The molecule has 1 amide bonds. The van der Waals surface area contributed by atoms with Crippen molar-refractivity contribution in [3.8, 4) is 16.9 Å². The fourth-order valence-corrected chi connectivity index (χ4v) is 9.17. The summed E-state index contributed by atoms with van der Waals surface area (Å²) >= 11 is 0. The molecule has 0 radical (unpaired) electrons. The fourth-order valence-electron chi connectivity index (χ4n) is 9.17. The second kappa shape index (κ2) is 12.6. The van der Waals surface area contributed by atoms with Gasteiger partial charge in [-0.05, 0) is 93.4 Å². The largest absolute Gasteiger partial charge is 0.496 e. The van der Waals surface area contributed by atoms with Crippen LogP contribution in [-0.2, 0) is 24.3 Å². The quantitative estimate of drug-likeness (QED) is 0.185. The van der Waals surface area contributed by atoms with E-state index in [4.69, 9.17) is 24.3 Å². The molecule has 2 heterocycles. The number of fused-ring (bicyclic) bond motifs is 1. The molecule has 5 saturated carbocycles. The lowest BCUT2D eigenvalue weighted by atomic mass is 9.53. The number of ether oxygens (including phenoxy) is 1. The average Bonchev–Trinajstić information content (AvgIpc) is 3.09. The van der Waals surface area contributed by atoms with Crippen LogP contribution in [-0.4, -0.2) is 42.7 Å². The number of amides is 1. The molecule has 47 heavy (non-hydrogen) atoms. The molecule has 6 fully saturated rings. The van der Waals surface area contributed by atoms with Crippen molar-refractivity contribution in [2.24, 2.45) is 29.6 Å². The minimum atomic E-state index is -0.915. The van der Waals surface area contributed by atoms with Crippen LogP contribution in [0.4, 0.5) is 10.1 Å². The summed E-state index contributed by atoms with van der Waals surface area (Å²) in [6.45, 7) is 1.33. The van der Waals surface area contributed by atoms with Crippen molar-refractivity contribution in [2.45, 2.75) is 82.2 Å². The topological polar surface area (TPSA) is 100 Å². The number of halogens is 1. The van der Waals surface area contributed by atoms with Gasteiger partial charge in [-0.15, -0.1) is 0 Å². The van der Waals surface area contributed by atoms with Crippen molar-refractivity contribution in [3.63, 3.8) is 0 Å². The Morgan fingerprint density at radius 3 is 2.30 bits per heavy atom. The summed E-state index contributed by atoms with van der Waals surface area (Å²) in [7, 11) is 1.64. The molecule has 9 rings (SSSR count). The van der Waals surface area contributed by atoms with E-state index in [1.54, 1.807) is 25.4 Å². The first-order valence-electron chi connectivity index (χ1n) is 17.4. The van der Waals surface area contributed by atoms with Gasteiger partial charge >= 0.3 is 0 Å². The minimum Gasteiger partial charge on any atom is -0.496 e. The number of aromatic nitrogens is 1. The number of unbranched alkanes of at least 4 members (excludes halogenated alkanes) is 1. The van der Waals surface area contributed by atoms with Crippen molar-refractivity contribution < 1.29 is 33.5 Å². The summed E-state index contributed by atoms with van der Waals surface area (Å²) in [5.74, 6) is 1.04. The molecule has 3 aromatic rings. The maximum absolute atomic E-state index is 13.6. The van der Waals surface area contributed by atoms with E-state index < -0.39 is 11.6 Å². The first-order chi connectivity index (χ1) is 23.0. The van der Waals surface area contributed by atoms with E-state index in [1.807, 2.05) is 18.2 Å². The molecule has 1 aromatic heterocycles. The Labute approximate surface area is 274 Å². The highest BCUT2D eigenvalue weighted by molar-refractivity contribution is 6.04. The summed E-state index contributed by atoms with van der Waals surface area (Å²) < 4.78 is 19.4. The van der Waals surface area contributed by atoms with Crippen LogP contribution in [0.15, 0.2) is 48.7 Å². The number of methoxy groups -OCH3 is 1. The third-order valence-electron chi connectivity index (χ3n) is 11.5. The normalized spacial score (nSPS) is 32.6. The van der Waals surface area contributed by atoms with Crippen molar-refractivity contribution in [2.75, 3.05) is 25.5 Å². The van der Waals surface area contributed by atoms with Crippen molar-refractivity contribution >= 4 is 22.5 Å². The Balaban J connectivity index is 0.793. The van der Waals surface area contributed by atoms with Gasteiger partial charge in [0.25, 0.3) is 0 Å². The van der Waals surface area contributed by atoms with E-state index in [-0.39, 0.29) is 17.6 Å². The Hall–Kier alpha value is -3.31. The molecule has 5 aliphatic carbocycles. The van der Waals surface area contributed by atoms with Crippen molar-refractivity contribution in [3.05, 3.63) is 54.5 Å². The third-order valence-corrected chi connectivity index (χ3v) is 11.5. The summed E-state index contributed by atoms with van der Waals surface area (Å²) in [5.41, 5.74) is 3.44. The number of hydrogen-bond donors (Lipinski definition) is 2. The van der Waals surface area contributed by atoms with E-state index in [0.29, 0.717) is 56.4 Å². The third kappa shape index (κ3) is 5.77. The van der Waals surface area contributed by atoms with Gasteiger partial charge in [0, 0.05) is 66.9 Å². The highest BCUT2D eigenvalue weighted by Crippen LogP contribution is 2.62. The Bertz CT molecular complexity index is 1570. The zero-order valence-electron chi connectivity index (χ0n) is 27.0. The first-order valence-corrected chi connectivity index (χ1v) is 17.4. The van der Waals surface area contributed by atoms with Crippen molar-refractivity contribution in [1.29, 1.82) is 0 Å². The zero-order chi connectivity index (χ0) is 32.0. The summed E-state index contributed by atoms with van der Waals surface area (Å²) in [6.07, 6.45) is 11.9. The molecule has 4 bridgehead atoms. The molecule has 2 spiro atoms. The Kier molecular flexibility index (Phi) is 8.32. The van der Waals surface area contributed by atoms with Crippen LogP contribution >= 0.6 is 0 Å². The van der Waals surface area contributed by atoms with Crippen LogP contribution in [0.1, 0.15) is 70.6 Å². The molecule has 2 N–H and O–H groups in total. The van der Waals surface area contributed by atoms with Crippen LogP contribution in [0, 0.1) is 35.4 Å². The molecule has 2 aromatic carbocycles. The van der Waals surface area contributed by atoms with E-state index in [9.17, 15) is 9.18 Å². The number of anilines is 1. The van der Waals surface area contributed by atoms with Gasteiger partial charge in [0.1, 0.15) is 11.6 Å². The molecule has 0 unspecified atom stereocenters. The molecular weight excluding hydrogens is 601 g/mol. The summed E-state index contributed by atoms with van der Waals surface area (Å²) in [4.78, 5) is 42.0. The standard InChI is InChI=1S/C37H44FN3O6/c1-43-32-22-31(34-30(5-4-16-40-34)33(32)25-6-8-29(38)9-7-25)39-14-2-3-15-41-35(42)26-10-12-36(13-11-26)44-46-37(47-45-36)27-18-23-17-24(20-27)21-28(37)19-23/h4-9,16,22-24,26-28,39H,2-3,10-15,17-21H2,1H3,(H,41,42). The molecule has 9 nitrogen and oxygen atoms in total. The lowest BCUT2D eigenvalue weighted by Crippen LogP contribution is -2.64. The smallest absolute Gasteiger partial charge is 0.239 e. The molecule has 1 saturated heterocycles. The predicted molar refractivity (Wildman–Crippen MR) is 173 cm³/mol. The number of benzene rings is 2. The number of carbonyl (C=O) groups excluding carboxylic acids is 1. The van der Waals surface area contributed by atoms with Gasteiger partial charge in [0.15, 0.2) is 0 Å². The van der Waals surface area contributed by atoms with Crippen LogP contribution in [0.5, 0.6) is 5.75 Å². The molecule has 250 valence electrons. The van der Waals surface area contributed by atoms with Crippen LogP contribution in [0.3, 0.4) is 0 Å². The van der Waals surface area contributed by atoms with Crippen LogP contribution < -0.4 is 15.4 Å². The number of rotatable bonds is 9. The second-order valence-electron chi connectivity index (χ2n) is 14.4. The lowest BCUT2D eigenvalue weighted by molar-refractivity contribution is -0.680. The SMILES string of the molecule is COc1cc(NCCCCNC(=O)C2CCC3(CC2)OOC2(OO3)C3CC4CC(C3)CC2C4)c2ncccc2c1-c1ccc(F)cc1. The summed E-state index contributed by atoms with van der Waals surface area (Å²) in [5, 5.41) is 7.57. The molecule has 10 heteroatoms. The van der Waals surface area contributed by atoms with E-state index in [2.05, 4.69) is 15.6 Å². The van der Waals surface area contributed by atoms with Gasteiger partial charge in [0.2, 0.25) is 17.5 Å². The van der Waals surface area contributed by atoms with E-state index >= 15 is 0 Å². The maximum atomic E-state index is 13.6. The van der Waals surface area contributed by atoms with Gasteiger partial charge in [-0.25, -0.2) is 4.39 Å². The Morgan fingerprint density at radius 1 is 0.936 bits per heavy atom. The van der Waals surface area contributed by atoms with E-state index in [0.717, 1.165) is 78.1 Å². The van der Waals surface area contributed by atoms with Gasteiger partial charge in [0.05, 0.1) is 18.3 Å². The van der Waals surface area contributed by atoms with Crippen molar-refractivity contribution in [1.82, 2.24) is 10.3 Å². The molecule has 6 aliphatic rings. The van der Waals surface area contributed by atoms with Crippen LogP contribution in [0.25, 0.3) is 22.0 Å². The molecule has 1 aliphatic heterocycles. The number of nitrogens with zero attached hydrogens (tertiary/aromatic N) is 1. The van der Waals surface area contributed by atoms with E-state index in [1.165, 1.54) is 18.6 Å².